The van der Waals surface area contributed by atoms with Crippen LogP contribution in [-0.4, -0.2) is 61.8 Å². The van der Waals surface area contributed by atoms with Gasteiger partial charge in [-0.05, 0) is 19.3 Å². The number of ether oxygens (including phenoxy) is 2. The Bertz CT molecular complexity index is 384. The van der Waals surface area contributed by atoms with Gasteiger partial charge in [0.1, 0.15) is 0 Å². The first kappa shape index (κ1) is 17.4. The standard InChI is InChI=1S/C14H23NO6/c1-20-8-7-15(6-5-12(16)21-2)13(17)10-3-4-11(9-10)14(18)19/h10-11H,3-9H2,1-2H3,(H,18,19). The molecule has 1 saturated carbocycles. The number of amides is 1. The van der Waals surface area contributed by atoms with Gasteiger partial charge < -0.3 is 19.5 Å². The Balaban J connectivity index is 2.58. The molecule has 1 N–H and O–H groups in total. The minimum Gasteiger partial charge on any atom is -0.481 e. The van der Waals surface area contributed by atoms with E-state index >= 15 is 0 Å². The molecule has 120 valence electrons. The Morgan fingerprint density at radius 3 is 2.33 bits per heavy atom. The van der Waals surface area contributed by atoms with Gasteiger partial charge >= 0.3 is 11.9 Å². The Hall–Kier alpha value is -1.63. The highest BCUT2D eigenvalue weighted by molar-refractivity contribution is 5.81. The highest BCUT2D eigenvalue weighted by atomic mass is 16.5. The van der Waals surface area contributed by atoms with Crippen molar-refractivity contribution in [1.29, 1.82) is 0 Å². The summed E-state index contributed by atoms with van der Waals surface area (Å²) in [6, 6.07) is 0. The van der Waals surface area contributed by atoms with Gasteiger partial charge in [0, 0.05) is 26.1 Å². The van der Waals surface area contributed by atoms with E-state index in [1.54, 1.807) is 12.0 Å². The SMILES string of the molecule is COCCN(CCC(=O)OC)C(=O)C1CCC(C(=O)O)C1. The van der Waals surface area contributed by atoms with E-state index < -0.39 is 11.9 Å². The van der Waals surface area contributed by atoms with Gasteiger partial charge in [0.15, 0.2) is 0 Å². The molecule has 0 aromatic carbocycles. The first-order chi connectivity index (χ1) is 9.99. The zero-order valence-electron chi connectivity index (χ0n) is 12.5. The lowest BCUT2D eigenvalue weighted by atomic mass is 10.0. The summed E-state index contributed by atoms with van der Waals surface area (Å²) in [4.78, 5) is 36.2. The maximum absolute atomic E-state index is 12.4. The fourth-order valence-corrected chi connectivity index (χ4v) is 2.55. The molecule has 1 amide bonds. The first-order valence-corrected chi connectivity index (χ1v) is 7.07. The number of aliphatic carboxylic acids is 1. The second-order valence-corrected chi connectivity index (χ2v) is 5.19. The molecule has 0 heterocycles. The number of rotatable bonds is 8. The van der Waals surface area contributed by atoms with Crippen LogP contribution in [0.3, 0.4) is 0 Å². The van der Waals surface area contributed by atoms with E-state index in [4.69, 9.17) is 9.84 Å². The van der Waals surface area contributed by atoms with Crippen molar-refractivity contribution in [2.24, 2.45) is 11.8 Å². The van der Waals surface area contributed by atoms with Crippen molar-refractivity contribution in [3.63, 3.8) is 0 Å². The van der Waals surface area contributed by atoms with Gasteiger partial charge in [0.25, 0.3) is 0 Å². The number of methoxy groups -OCH3 is 2. The lowest BCUT2D eigenvalue weighted by molar-refractivity contribution is -0.142. The van der Waals surface area contributed by atoms with Crippen LogP contribution in [0.5, 0.6) is 0 Å². The topological polar surface area (TPSA) is 93.1 Å². The van der Waals surface area contributed by atoms with Crippen LogP contribution in [0, 0.1) is 11.8 Å². The van der Waals surface area contributed by atoms with Crippen LogP contribution in [0.4, 0.5) is 0 Å². The largest absolute Gasteiger partial charge is 0.481 e. The number of carbonyl (C=O) groups is 3. The average Bonchev–Trinajstić information content (AvgIpc) is 2.96. The number of nitrogens with zero attached hydrogens (tertiary/aromatic N) is 1. The van der Waals surface area contributed by atoms with Gasteiger partial charge in [0.05, 0.1) is 26.1 Å². The first-order valence-electron chi connectivity index (χ1n) is 7.07. The normalized spacial score (nSPS) is 21.0. The summed E-state index contributed by atoms with van der Waals surface area (Å²) < 4.78 is 9.55. The summed E-state index contributed by atoms with van der Waals surface area (Å²) in [7, 11) is 2.84. The molecule has 2 unspecified atom stereocenters. The molecule has 0 saturated heterocycles. The van der Waals surface area contributed by atoms with Crippen LogP contribution in [0.1, 0.15) is 25.7 Å². The smallest absolute Gasteiger partial charge is 0.307 e. The van der Waals surface area contributed by atoms with Crippen molar-refractivity contribution >= 4 is 17.8 Å². The van der Waals surface area contributed by atoms with Crippen molar-refractivity contribution in [2.45, 2.75) is 25.7 Å². The van der Waals surface area contributed by atoms with Crippen molar-refractivity contribution < 1.29 is 29.0 Å². The number of carboxylic acids is 1. The van der Waals surface area contributed by atoms with Crippen molar-refractivity contribution in [1.82, 2.24) is 4.90 Å². The third-order valence-corrected chi connectivity index (χ3v) is 3.82. The number of hydrogen-bond acceptors (Lipinski definition) is 5. The van der Waals surface area contributed by atoms with Crippen molar-refractivity contribution in [3.8, 4) is 0 Å². The Labute approximate surface area is 124 Å². The lowest BCUT2D eigenvalue weighted by Gasteiger charge is -2.25. The molecule has 0 bridgehead atoms. The highest BCUT2D eigenvalue weighted by Gasteiger charge is 2.35. The van der Waals surface area contributed by atoms with Crippen LogP contribution >= 0.6 is 0 Å². The molecule has 1 aliphatic carbocycles. The minimum absolute atomic E-state index is 0.0975. The Morgan fingerprint density at radius 2 is 1.81 bits per heavy atom. The Morgan fingerprint density at radius 1 is 1.14 bits per heavy atom. The molecule has 1 fully saturated rings. The van der Waals surface area contributed by atoms with E-state index in [1.807, 2.05) is 0 Å². The molecule has 7 heteroatoms. The summed E-state index contributed by atoms with van der Waals surface area (Å²) in [5.41, 5.74) is 0. The fourth-order valence-electron chi connectivity index (χ4n) is 2.55. The number of carboxylic acid groups (broad SMARTS) is 1. The van der Waals surface area contributed by atoms with Crippen LogP contribution in [0.25, 0.3) is 0 Å². The fraction of sp³-hybridized carbons (Fsp3) is 0.786. The van der Waals surface area contributed by atoms with Gasteiger partial charge in [0.2, 0.25) is 5.91 Å². The second-order valence-electron chi connectivity index (χ2n) is 5.19. The summed E-state index contributed by atoms with van der Waals surface area (Å²) in [6.45, 7) is 1.03. The van der Waals surface area contributed by atoms with Crippen LogP contribution in [0.15, 0.2) is 0 Å². The predicted molar refractivity (Wildman–Crippen MR) is 73.6 cm³/mol. The molecule has 0 spiro atoms. The maximum Gasteiger partial charge on any atom is 0.307 e. The quantitative estimate of drug-likeness (QED) is 0.657. The van der Waals surface area contributed by atoms with Crippen LogP contribution < -0.4 is 0 Å². The zero-order chi connectivity index (χ0) is 15.8. The molecular formula is C14H23NO6. The summed E-state index contributed by atoms with van der Waals surface area (Å²) >= 11 is 0. The third-order valence-electron chi connectivity index (χ3n) is 3.82. The number of hydrogen-bond donors (Lipinski definition) is 1. The predicted octanol–water partition coefficient (Wildman–Crippen LogP) is 0.525. The lowest BCUT2D eigenvalue weighted by Crippen LogP contribution is -2.39. The van der Waals surface area contributed by atoms with Gasteiger partial charge in [-0.1, -0.05) is 0 Å². The zero-order valence-corrected chi connectivity index (χ0v) is 12.5. The van der Waals surface area contributed by atoms with Gasteiger partial charge in [-0.2, -0.15) is 0 Å². The van der Waals surface area contributed by atoms with E-state index in [0.29, 0.717) is 32.4 Å². The van der Waals surface area contributed by atoms with E-state index in [-0.39, 0.29) is 30.8 Å². The van der Waals surface area contributed by atoms with Gasteiger partial charge in [-0.15, -0.1) is 0 Å². The molecule has 0 aliphatic heterocycles. The van der Waals surface area contributed by atoms with Crippen molar-refractivity contribution in [2.75, 3.05) is 33.9 Å². The molecule has 1 aliphatic rings. The van der Waals surface area contributed by atoms with Gasteiger partial charge in [-0.25, -0.2) is 0 Å². The maximum atomic E-state index is 12.4. The van der Waals surface area contributed by atoms with Gasteiger partial charge in [-0.3, -0.25) is 14.4 Å². The Kier molecular flexibility index (Phi) is 7.14. The van der Waals surface area contributed by atoms with E-state index in [0.717, 1.165) is 0 Å². The van der Waals surface area contributed by atoms with E-state index in [2.05, 4.69) is 4.74 Å². The highest BCUT2D eigenvalue weighted by Crippen LogP contribution is 2.32. The van der Waals surface area contributed by atoms with Crippen molar-refractivity contribution in [3.05, 3.63) is 0 Å². The van der Waals surface area contributed by atoms with E-state index in [9.17, 15) is 14.4 Å². The molecule has 2 atom stereocenters. The van der Waals surface area contributed by atoms with Crippen LogP contribution in [0.2, 0.25) is 0 Å². The number of carbonyl (C=O) groups excluding carboxylic acids is 2. The van der Waals surface area contributed by atoms with E-state index in [1.165, 1.54) is 7.11 Å². The molecule has 0 aromatic heterocycles. The van der Waals surface area contributed by atoms with Crippen LogP contribution in [-0.2, 0) is 23.9 Å². The summed E-state index contributed by atoms with van der Waals surface area (Å²) in [5.74, 6) is -2.03. The molecular weight excluding hydrogens is 278 g/mol. The molecule has 0 radical (unpaired) electrons. The second kappa shape index (κ2) is 8.61. The monoisotopic (exact) mass is 301 g/mol. The average molecular weight is 301 g/mol. The molecule has 21 heavy (non-hydrogen) atoms. The minimum atomic E-state index is -0.844. The summed E-state index contributed by atoms with van der Waals surface area (Å²) in [6.07, 6.45) is 1.61. The third kappa shape index (κ3) is 5.34. The molecule has 0 aromatic rings. The summed E-state index contributed by atoms with van der Waals surface area (Å²) in [5, 5.41) is 8.99. The number of esters is 1. The molecule has 7 nitrogen and oxygen atoms in total. The molecule has 1 rings (SSSR count).